The van der Waals surface area contributed by atoms with Crippen molar-refractivity contribution in [1.29, 1.82) is 0 Å². The quantitative estimate of drug-likeness (QED) is 0.870. The van der Waals surface area contributed by atoms with Crippen LogP contribution in [0.3, 0.4) is 0 Å². The lowest BCUT2D eigenvalue weighted by molar-refractivity contribution is -0.360. The number of hydrogen-bond donors (Lipinski definition) is 1. The first-order valence-electron chi connectivity index (χ1n) is 4.15. The van der Waals surface area contributed by atoms with E-state index in [0.717, 1.165) is 0 Å². The average Bonchev–Trinajstić information content (AvgIpc) is 2.12. The summed E-state index contributed by atoms with van der Waals surface area (Å²) in [5, 5.41) is -0.152. The van der Waals surface area contributed by atoms with Gasteiger partial charge < -0.3 is 10.5 Å². The molecule has 0 spiro atoms. The van der Waals surface area contributed by atoms with Crippen LogP contribution in [-0.4, -0.2) is 20.7 Å². The molecule has 0 bridgehead atoms. The minimum absolute atomic E-state index is 0.152. The number of hydrogen-bond acceptors (Lipinski definition) is 2. The van der Waals surface area contributed by atoms with Crippen LogP contribution in [0.15, 0.2) is 18.2 Å². The molecular formula is C8H10ClFN2O2S. The van der Waals surface area contributed by atoms with Crippen LogP contribution in [0.25, 0.3) is 4.72 Å². The molecule has 84 valence electrons. The Bertz CT molecular complexity index is 450. The number of halogens is 2. The van der Waals surface area contributed by atoms with Gasteiger partial charge in [-0.05, 0) is 6.07 Å². The maximum atomic E-state index is 13.3. The van der Waals surface area contributed by atoms with Crippen molar-refractivity contribution in [3.8, 4) is 0 Å². The van der Waals surface area contributed by atoms with E-state index in [2.05, 4.69) is 10.5 Å². The summed E-state index contributed by atoms with van der Waals surface area (Å²) in [4.78, 5) is 0. The van der Waals surface area contributed by atoms with E-state index in [1.807, 2.05) is 0 Å². The SMILES string of the molecule is [NH3+]CCS(=O)(=O)[N-]c1cccc(Cl)c1F. The third kappa shape index (κ3) is 3.33. The topological polar surface area (TPSA) is 75.9 Å². The second-order valence-electron chi connectivity index (χ2n) is 2.80. The highest BCUT2D eigenvalue weighted by atomic mass is 35.5. The van der Waals surface area contributed by atoms with Crippen LogP contribution in [0.5, 0.6) is 0 Å². The number of quaternary nitrogens is 1. The van der Waals surface area contributed by atoms with E-state index in [1.54, 1.807) is 0 Å². The van der Waals surface area contributed by atoms with Gasteiger partial charge in [-0.2, -0.15) is 0 Å². The molecule has 1 aromatic carbocycles. The summed E-state index contributed by atoms with van der Waals surface area (Å²) >= 11 is 5.48. The molecule has 7 heteroatoms. The molecule has 4 nitrogen and oxygen atoms in total. The maximum Gasteiger partial charge on any atom is 0.127 e. The standard InChI is InChI=1S/C8H9ClFN2O2S/c9-6-2-1-3-7(8(6)10)12-15(13,14)5-4-11/h1-3H,4-5,11H2/q-1/p+1. The van der Waals surface area contributed by atoms with E-state index in [4.69, 9.17) is 11.6 Å². The van der Waals surface area contributed by atoms with Gasteiger partial charge in [-0.25, -0.2) is 12.8 Å². The second-order valence-corrected chi connectivity index (χ2v) is 4.97. The lowest BCUT2D eigenvalue weighted by Gasteiger charge is -2.21. The van der Waals surface area contributed by atoms with E-state index >= 15 is 0 Å². The maximum absolute atomic E-state index is 13.3. The van der Waals surface area contributed by atoms with Gasteiger partial charge in [0.25, 0.3) is 0 Å². The van der Waals surface area contributed by atoms with Crippen molar-refractivity contribution in [3.63, 3.8) is 0 Å². The summed E-state index contributed by atoms with van der Waals surface area (Å²) in [6.45, 7) is 0.189. The molecule has 0 saturated heterocycles. The normalized spacial score (nSPS) is 11.4. The smallest absolute Gasteiger partial charge is 0.127 e. The monoisotopic (exact) mass is 252 g/mol. The number of sulfonamides is 1. The van der Waals surface area contributed by atoms with Gasteiger partial charge in [-0.1, -0.05) is 29.4 Å². The van der Waals surface area contributed by atoms with Gasteiger partial charge >= 0.3 is 0 Å². The average molecular weight is 253 g/mol. The molecule has 1 aromatic rings. The zero-order chi connectivity index (χ0) is 11.5. The van der Waals surface area contributed by atoms with E-state index in [9.17, 15) is 12.8 Å². The number of nitrogens with zero attached hydrogens (tertiary/aromatic N) is 1. The van der Waals surface area contributed by atoms with E-state index < -0.39 is 15.8 Å². The van der Waals surface area contributed by atoms with Crippen LogP contribution in [0.4, 0.5) is 10.1 Å². The number of benzene rings is 1. The van der Waals surface area contributed by atoms with Crippen LogP contribution in [0.2, 0.25) is 5.02 Å². The van der Waals surface area contributed by atoms with Crippen LogP contribution < -0.4 is 5.73 Å². The first-order chi connectivity index (χ1) is 6.96. The Balaban J connectivity index is 2.95. The third-order valence-corrected chi connectivity index (χ3v) is 3.14. The summed E-state index contributed by atoms with van der Waals surface area (Å²) in [6, 6.07) is 4.01. The Hall–Kier alpha value is -0.850. The van der Waals surface area contributed by atoms with Gasteiger partial charge in [-0.15, -0.1) is 0 Å². The number of rotatable bonds is 4. The van der Waals surface area contributed by atoms with Crippen LogP contribution in [-0.2, 0) is 10.0 Å². The Morgan fingerprint density at radius 1 is 1.47 bits per heavy atom. The van der Waals surface area contributed by atoms with Crippen LogP contribution >= 0.6 is 11.6 Å². The second kappa shape index (κ2) is 4.78. The molecule has 0 saturated carbocycles. The fourth-order valence-electron chi connectivity index (χ4n) is 0.941. The van der Waals surface area contributed by atoms with Gasteiger partial charge in [0, 0.05) is 0 Å². The van der Waals surface area contributed by atoms with Crippen molar-refractivity contribution in [2.75, 3.05) is 12.3 Å². The predicted octanol–water partition coefficient (Wildman–Crippen LogP) is 1.06. The highest BCUT2D eigenvalue weighted by Gasteiger charge is 2.04. The Labute approximate surface area is 92.3 Å². The molecule has 0 amide bonds. The molecule has 0 aliphatic rings. The Morgan fingerprint density at radius 2 is 2.13 bits per heavy atom. The molecule has 0 fully saturated rings. The molecule has 0 atom stereocenters. The molecule has 0 aliphatic carbocycles. The van der Waals surface area contributed by atoms with Crippen molar-refractivity contribution in [1.82, 2.24) is 0 Å². The van der Waals surface area contributed by atoms with Gasteiger partial charge in [-0.3, -0.25) is 0 Å². The van der Waals surface area contributed by atoms with Crippen molar-refractivity contribution in [3.05, 3.63) is 33.8 Å². The minimum Gasteiger partial charge on any atom is -0.574 e. The molecule has 3 N–H and O–H groups in total. The molecule has 0 aromatic heterocycles. The molecule has 1 rings (SSSR count). The zero-order valence-corrected chi connectivity index (χ0v) is 9.35. The molecule has 0 aliphatic heterocycles. The van der Waals surface area contributed by atoms with E-state index in [0.29, 0.717) is 0 Å². The summed E-state index contributed by atoms with van der Waals surface area (Å²) < 4.78 is 39.1. The lowest BCUT2D eigenvalue weighted by Crippen LogP contribution is -2.52. The molecule has 0 radical (unpaired) electrons. The van der Waals surface area contributed by atoms with Crippen LogP contribution in [0.1, 0.15) is 0 Å². The Morgan fingerprint density at radius 3 is 2.73 bits per heavy atom. The van der Waals surface area contributed by atoms with Crippen molar-refractivity contribution < 1.29 is 18.5 Å². The lowest BCUT2D eigenvalue weighted by atomic mass is 10.3. The minimum atomic E-state index is -3.66. The fraction of sp³-hybridized carbons (Fsp3) is 0.250. The van der Waals surface area contributed by atoms with Crippen molar-refractivity contribution >= 4 is 27.3 Å². The summed E-state index contributed by atoms with van der Waals surface area (Å²) in [7, 11) is -3.66. The molecule has 0 unspecified atom stereocenters. The van der Waals surface area contributed by atoms with E-state index in [-0.39, 0.29) is 23.0 Å². The first kappa shape index (κ1) is 12.2. The molecular weight excluding hydrogens is 243 g/mol. The molecule has 0 heterocycles. The zero-order valence-electron chi connectivity index (χ0n) is 7.78. The van der Waals surface area contributed by atoms with Gasteiger partial charge in [0.15, 0.2) is 0 Å². The van der Waals surface area contributed by atoms with Gasteiger partial charge in [0.1, 0.15) is 5.82 Å². The molecule has 15 heavy (non-hydrogen) atoms. The predicted molar refractivity (Wildman–Crippen MR) is 56.0 cm³/mol. The highest BCUT2D eigenvalue weighted by Crippen LogP contribution is 2.30. The Kier molecular flexibility index (Phi) is 3.90. The van der Waals surface area contributed by atoms with Crippen molar-refractivity contribution in [2.45, 2.75) is 0 Å². The van der Waals surface area contributed by atoms with Gasteiger partial charge in [0.2, 0.25) is 0 Å². The summed E-state index contributed by atoms with van der Waals surface area (Å²) in [5.74, 6) is -1.04. The van der Waals surface area contributed by atoms with Crippen molar-refractivity contribution in [2.24, 2.45) is 0 Å². The van der Waals surface area contributed by atoms with Crippen LogP contribution in [0, 0.1) is 5.82 Å². The fourth-order valence-corrected chi connectivity index (χ4v) is 2.01. The third-order valence-electron chi connectivity index (χ3n) is 1.57. The van der Waals surface area contributed by atoms with E-state index in [1.165, 1.54) is 18.2 Å². The van der Waals surface area contributed by atoms with Gasteiger partial charge in [0.05, 0.1) is 27.3 Å². The highest BCUT2D eigenvalue weighted by molar-refractivity contribution is 7.94. The summed E-state index contributed by atoms with van der Waals surface area (Å²) in [5.41, 5.74) is 3.13. The largest absolute Gasteiger partial charge is 0.574 e. The summed E-state index contributed by atoms with van der Waals surface area (Å²) in [6.07, 6.45) is 0. The first-order valence-corrected chi connectivity index (χ1v) is 6.14.